The Morgan fingerprint density at radius 3 is 3.00 bits per heavy atom. The van der Waals surface area contributed by atoms with Gasteiger partial charge >= 0.3 is 0 Å². The number of furan rings is 1. The Labute approximate surface area is 121 Å². The zero-order valence-electron chi connectivity index (χ0n) is 11.5. The summed E-state index contributed by atoms with van der Waals surface area (Å²) < 4.78 is 5.65. The molecule has 0 fully saturated rings. The highest BCUT2D eigenvalue weighted by Crippen LogP contribution is 2.24. The van der Waals surface area contributed by atoms with Gasteiger partial charge in [0.1, 0.15) is 11.5 Å². The molecule has 0 aromatic carbocycles. The van der Waals surface area contributed by atoms with Crippen molar-refractivity contribution in [2.24, 2.45) is 0 Å². The fourth-order valence-corrected chi connectivity index (χ4v) is 2.89. The first kappa shape index (κ1) is 13.1. The molecule has 0 bridgehead atoms. The molecule has 3 aromatic rings. The van der Waals surface area contributed by atoms with E-state index in [2.05, 4.69) is 40.0 Å². The molecular weight excluding hydrogens is 270 g/mol. The number of nitrogens with one attached hydrogen (secondary N) is 2. The number of hydrogen-bond acceptors (Lipinski definition) is 4. The zero-order chi connectivity index (χ0) is 13.9. The average Bonchev–Trinajstić information content (AvgIpc) is 3.16. The fourth-order valence-electron chi connectivity index (χ4n) is 2.13. The number of thiophene rings is 1. The van der Waals surface area contributed by atoms with Gasteiger partial charge in [-0.3, -0.25) is 5.10 Å². The van der Waals surface area contributed by atoms with E-state index in [1.54, 1.807) is 11.3 Å². The van der Waals surface area contributed by atoms with E-state index in [0.29, 0.717) is 6.04 Å². The molecule has 0 aliphatic heterocycles. The van der Waals surface area contributed by atoms with Crippen LogP contribution in [0, 0.1) is 6.92 Å². The molecule has 0 spiro atoms. The largest absolute Gasteiger partial charge is 0.460 e. The summed E-state index contributed by atoms with van der Waals surface area (Å²) >= 11 is 1.77. The lowest BCUT2D eigenvalue weighted by atomic mass is 10.2. The van der Waals surface area contributed by atoms with Crippen molar-refractivity contribution in [2.45, 2.75) is 26.4 Å². The smallest absolute Gasteiger partial charge is 0.152 e. The van der Waals surface area contributed by atoms with E-state index in [4.69, 9.17) is 4.42 Å². The van der Waals surface area contributed by atoms with Gasteiger partial charge in [-0.25, -0.2) is 0 Å². The van der Waals surface area contributed by atoms with Crippen LogP contribution in [0.2, 0.25) is 0 Å². The first-order valence-corrected chi connectivity index (χ1v) is 7.48. The van der Waals surface area contributed by atoms with Crippen molar-refractivity contribution in [3.63, 3.8) is 0 Å². The van der Waals surface area contributed by atoms with Crippen LogP contribution in [0.3, 0.4) is 0 Å². The molecule has 0 amide bonds. The van der Waals surface area contributed by atoms with Crippen molar-refractivity contribution in [1.29, 1.82) is 0 Å². The van der Waals surface area contributed by atoms with Crippen LogP contribution in [0.4, 0.5) is 0 Å². The Balaban J connectivity index is 1.71. The van der Waals surface area contributed by atoms with Gasteiger partial charge in [0.05, 0.1) is 6.20 Å². The van der Waals surface area contributed by atoms with Crippen molar-refractivity contribution in [3.05, 3.63) is 52.0 Å². The molecular formula is C15H17N3OS. The molecule has 0 saturated heterocycles. The summed E-state index contributed by atoms with van der Waals surface area (Å²) in [6, 6.07) is 8.48. The number of H-pyrrole nitrogens is 1. The molecule has 0 radical (unpaired) electrons. The lowest BCUT2D eigenvalue weighted by molar-refractivity contribution is 0.543. The standard InChI is InChI=1S/C15H17N3OS/c1-10-5-6-13(19-10)15-12(9-17-18-15)8-16-11(2)14-4-3-7-20-14/h3-7,9,11,16H,8H2,1-2H3,(H,17,18)/t11-/m0/s1. The fraction of sp³-hybridized carbons (Fsp3) is 0.267. The van der Waals surface area contributed by atoms with Gasteiger partial charge in [-0.2, -0.15) is 5.10 Å². The SMILES string of the molecule is Cc1ccc(-c2[nH]ncc2CN[C@@H](C)c2cccs2)o1. The Hall–Kier alpha value is -1.85. The highest BCUT2D eigenvalue weighted by atomic mass is 32.1. The number of aromatic nitrogens is 2. The second-order valence-corrected chi connectivity index (χ2v) is 5.78. The summed E-state index contributed by atoms with van der Waals surface area (Å²) in [6.45, 7) is 4.87. The third-order valence-corrected chi connectivity index (χ3v) is 4.33. The van der Waals surface area contributed by atoms with E-state index in [1.807, 2.05) is 25.3 Å². The Kier molecular flexibility index (Phi) is 3.71. The van der Waals surface area contributed by atoms with Crippen molar-refractivity contribution < 1.29 is 4.42 Å². The maximum absolute atomic E-state index is 5.65. The van der Waals surface area contributed by atoms with Gasteiger partial charge < -0.3 is 9.73 Å². The zero-order valence-corrected chi connectivity index (χ0v) is 12.3. The second kappa shape index (κ2) is 5.64. The minimum Gasteiger partial charge on any atom is -0.460 e. The van der Waals surface area contributed by atoms with Crippen molar-refractivity contribution >= 4 is 11.3 Å². The second-order valence-electron chi connectivity index (χ2n) is 4.80. The number of aromatic amines is 1. The lowest BCUT2D eigenvalue weighted by Gasteiger charge is -2.11. The van der Waals surface area contributed by atoms with E-state index < -0.39 is 0 Å². The van der Waals surface area contributed by atoms with Gasteiger partial charge in [0.15, 0.2) is 5.76 Å². The predicted octanol–water partition coefficient (Wildman–Crippen LogP) is 3.89. The molecule has 0 aliphatic carbocycles. The summed E-state index contributed by atoms with van der Waals surface area (Å²) in [4.78, 5) is 1.34. The summed E-state index contributed by atoms with van der Waals surface area (Å²) in [5.74, 6) is 1.74. The molecule has 0 unspecified atom stereocenters. The van der Waals surface area contributed by atoms with Gasteiger partial charge in [0.25, 0.3) is 0 Å². The molecule has 0 aliphatic rings. The maximum atomic E-state index is 5.65. The number of aryl methyl sites for hydroxylation is 1. The molecule has 4 nitrogen and oxygen atoms in total. The summed E-state index contributed by atoms with van der Waals surface area (Å²) in [5.41, 5.74) is 2.06. The Morgan fingerprint density at radius 2 is 2.30 bits per heavy atom. The number of rotatable bonds is 5. The van der Waals surface area contributed by atoms with Gasteiger partial charge in [0.2, 0.25) is 0 Å². The van der Waals surface area contributed by atoms with Crippen LogP contribution < -0.4 is 5.32 Å². The molecule has 20 heavy (non-hydrogen) atoms. The Morgan fingerprint density at radius 1 is 1.40 bits per heavy atom. The quantitative estimate of drug-likeness (QED) is 0.748. The van der Waals surface area contributed by atoms with Crippen LogP contribution in [0.25, 0.3) is 11.5 Å². The van der Waals surface area contributed by atoms with Gasteiger partial charge in [-0.05, 0) is 37.4 Å². The van der Waals surface area contributed by atoms with E-state index in [-0.39, 0.29) is 0 Å². The average molecular weight is 287 g/mol. The van der Waals surface area contributed by atoms with Crippen molar-refractivity contribution in [1.82, 2.24) is 15.5 Å². The molecule has 3 heterocycles. The topological polar surface area (TPSA) is 53.9 Å². The molecule has 2 N–H and O–H groups in total. The van der Waals surface area contributed by atoms with Gasteiger partial charge in [-0.1, -0.05) is 6.07 Å². The van der Waals surface area contributed by atoms with Crippen molar-refractivity contribution in [2.75, 3.05) is 0 Å². The van der Waals surface area contributed by atoms with Crippen LogP contribution >= 0.6 is 11.3 Å². The van der Waals surface area contributed by atoms with Gasteiger partial charge in [0, 0.05) is 23.0 Å². The Bertz CT molecular complexity index is 669. The van der Waals surface area contributed by atoms with E-state index in [0.717, 1.165) is 29.3 Å². The molecule has 104 valence electrons. The summed E-state index contributed by atoms with van der Waals surface area (Å²) in [5, 5.41) is 12.8. The van der Waals surface area contributed by atoms with Crippen LogP contribution in [-0.2, 0) is 6.54 Å². The van der Waals surface area contributed by atoms with E-state index in [9.17, 15) is 0 Å². The third-order valence-electron chi connectivity index (χ3n) is 3.27. The minimum absolute atomic E-state index is 0.330. The molecule has 3 rings (SSSR count). The van der Waals surface area contributed by atoms with E-state index in [1.165, 1.54) is 4.88 Å². The van der Waals surface area contributed by atoms with Crippen molar-refractivity contribution in [3.8, 4) is 11.5 Å². The number of nitrogens with zero attached hydrogens (tertiary/aromatic N) is 1. The normalized spacial score (nSPS) is 12.7. The van der Waals surface area contributed by atoms with Crippen LogP contribution in [0.1, 0.15) is 29.2 Å². The monoisotopic (exact) mass is 287 g/mol. The molecule has 1 atom stereocenters. The highest BCUT2D eigenvalue weighted by Gasteiger charge is 2.12. The summed E-state index contributed by atoms with van der Waals surface area (Å²) in [6.07, 6.45) is 1.85. The lowest BCUT2D eigenvalue weighted by Crippen LogP contribution is -2.17. The maximum Gasteiger partial charge on any atom is 0.152 e. The van der Waals surface area contributed by atoms with Crippen LogP contribution in [0.5, 0.6) is 0 Å². The summed E-state index contributed by atoms with van der Waals surface area (Å²) in [7, 11) is 0. The number of hydrogen-bond donors (Lipinski definition) is 2. The molecule has 3 aromatic heterocycles. The first-order chi connectivity index (χ1) is 9.74. The molecule has 0 saturated carbocycles. The van der Waals surface area contributed by atoms with Crippen LogP contribution in [-0.4, -0.2) is 10.2 Å². The highest BCUT2D eigenvalue weighted by molar-refractivity contribution is 7.10. The third kappa shape index (κ3) is 2.69. The first-order valence-electron chi connectivity index (χ1n) is 6.60. The van der Waals surface area contributed by atoms with Crippen LogP contribution in [0.15, 0.2) is 40.3 Å². The molecule has 5 heteroatoms. The van der Waals surface area contributed by atoms with Gasteiger partial charge in [-0.15, -0.1) is 11.3 Å². The predicted molar refractivity (Wildman–Crippen MR) is 80.6 cm³/mol. The van der Waals surface area contributed by atoms with E-state index >= 15 is 0 Å². The minimum atomic E-state index is 0.330.